The number of nitrogens with one attached hydrogen (secondary N) is 1. The Morgan fingerprint density at radius 1 is 1.47 bits per heavy atom. The topological polar surface area (TPSA) is 89.3 Å². The molecule has 0 atom stereocenters. The fraction of sp³-hybridized carbons (Fsp3) is 0.400. The number of rotatable bonds is 6. The van der Waals surface area contributed by atoms with Gasteiger partial charge in [-0.05, 0) is 22.0 Å². The number of hydrogen-bond acceptors (Lipinski definition) is 5. The van der Waals surface area contributed by atoms with Crippen LogP contribution >= 0.6 is 15.9 Å². The van der Waals surface area contributed by atoms with Crippen molar-refractivity contribution >= 4 is 37.1 Å². The van der Waals surface area contributed by atoms with E-state index in [2.05, 4.69) is 21.2 Å². The predicted octanol–water partition coefficient (Wildman–Crippen LogP) is 2.34. The minimum absolute atomic E-state index is 0.00385. The van der Waals surface area contributed by atoms with Crippen LogP contribution in [0.5, 0.6) is 0 Å². The van der Waals surface area contributed by atoms with Crippen molar-refractivity contribution in [3.63, 3.8) is 0 Å². The second-order valence-electron chi connectivity index (χ2n) is 3.70. The molecule has 106 valence electrons. The quantitative estimate of drug-likeness (QED) is 0.625. The SMILES string of the molecule is CCS(=O)(=O)CCNc1cc(Br)c(F)cc1[N+](=O)[O-]. The number of hydrogen-bond donors (Lipinski definition) is 1. The van der Waals surface area contributed by atoms with Gasteiger partial charge in [0, 0.05) is 12.3 Å². The fourth-order valence-corrected chi connectivity index (χ4v) is 2.36. The molecule has 6 nitrogen and oxygen atoms in total. The monoisotopic (exact) mass is 354 g/mol. The molecule has 0 fully saturated rings. The third kappa shape index (κ3) is 4.43. The largest absolute Gasteiger partial charge is 0.378 e. The lowest BCUT2D eigenvalue weighted by atomic mass is 10.2. The molecular formula is C10H12BrFN2O4S. The number of nitro groups is 1. The van der Waals surface area contributed by atoms with Crippen molar-refractivity contribution in [2.24, 2.45) is 0 Å². The van der Waals surface area contributed by atoms with Crippen molar-refractivity contribution in [2.75, 3.05) is 23.4 Å². The van der Waals surface area contributed by atoms with E-state index in [1.54, 1.807) is 0 Å². The molecule has 1 rings (SSSR count). The molecule has 1 N–H and O–H groups in total. The Hall–Kier alpha value is -1.22. The molecule has 0 unspecified atom stereocenters. The van der Waals surface area contributed by atoms with Gasteiger partial charge in [-0.15, -0.1) is 0 Å². The standard InChI is InChI=1S/C10H12BrFN2O4S/c1-2-19(17,18)4-3-13-9-5-7(11)8(12)6-10(9)14(15)16/h5-6,13H,2-4H2,1H3. The number of benzene rings is 1. The maximum Gasteiger partial charge on any atom is 0.295 e. The van der Waals surface area contributed by atoms with E-state index in [-0.39, 0.29) is 28.2 Å². The molecule has 1 aromatic carbocycles. The number of anilines is 1. The van der Waals surface area contributed by atoms with E-state index < -0.39 is 26.3 Å². The van der Waals surface area contributed by atoms with Crippen LogP contribution in [0.4, 0.5) is 15.8 Å². The molecule has 0 saturated heterocycles. The highest BCUT2D eigenvalue weighted by Gasteiger charge is 2.18. The minimum atomic E-state index is -3.16. The van der Waals surface area contributed by atoms with Gasteiger partial charge in [0.2, 0.25) is 0 Å². The van der Waals surface area contributed by atoms with Crippen LogP contribution in [0.3, 0.4) is 0 Å². The fourth-order valence-electron chi connectivity index (χ4n) is 1.31. The average Bonchev–Trinajstić information content (AvgIpc) is 2.32. The van der Waals surface area contributed by atoms with E-state index in [0.29, 0.717) is 0 Å². The van der Waals surface area contributed by atoms with Crippen molar-refractivity contribution in [3.05, 3.63) is 32.5 Å². The van der Waals surface area contributed by atoms with Crippen molar-refractivity contribution < 1.29 is 17.7 Å². The van der Waals surface area contributed by atoms with Crippen molar-refractivity contribution in [1.82, 2.24) is 0 Å². The summed E-state index contributed by atoms with van der Waals surface area (Å²) in [6.07, 6.45) is 0. The number of halogens is 2. The molecule has 0 aliphatic carbocycles. The molecular weight excluding hydrogens is 343 g/mol. The zero-order valence-electron chi connectivity index (χ0n) is 10.0. The van der Waals surface area contributed by atoms with Crippen molar-refractivity contribution in [1.29, 1.82) is 0 Å². The lowest BCUT2D eigenvalue weighted by molar-refractivity contribution is -0.384. The maximum atomic E-state index is 13.2. The summed E-state index contributed by atoms with van der Waals surface area (Å²) in [5.41, 5.74) is -0.362. The van der Waals surface area contributed by atoms with Gasteiger partial charge in [0.15, 0.2) is 9.84 Å². The van der Waals surface area contributed by atoms with Crippen LogP contribution in [0, 0.1) is 15.9 Å². The Bertz CT molecular complexity index is 591. The highest BCUT2D eigenvalue weighted by molar-refractivity contribution is 9.10. The maximum absolute atomic E-state index is 13.2. The molecule has 0 heterocycles. The van der Waals surface area contributed by atoms with Gasteiger partial charge in [-0.25, -0.2) is 12.8 Å². The lowest BCUT2D eigenvalue weighted by Gasteiger charge is -2.08. The van der Waals surface area contributed by atoms with Gasteiger partial charge >= 0.3 is 0 Å². The highest BCUT2D eigenvalue weighted by atomic mass is 79.9. The number of nitro benzene ring substituents is 1. The number of sulfone groups is 1. The van der Waals surface area contributed by atoms with E-state index in [1.807, 2.05) is 0 Å². The second kappa shape index (κ2) is 6.29. The van der Waals surface area contributed by atoms with Gasteiger partial charge in [-0.3, -0.25) is 10.1 Å². The normalized spacial score (nSPS) is 11.3. The van der Waals surface area contributed by atoms with Crippen molar-refractivity contribution in [3.8, 4) is 0 Å². The third-order valence-corrected chi connectivity index (χ3v) is 4.72. The Morgan fingerprint density at radius 2 is 2.11 bits per heavy atom. The Labute approximate surface area is 118 Å². The molecule has 0 bridgehead atoms. The first kappa shape index (κ1) is 15.8. The van der Waals surface area contributed by atoms with Crippen LogP contribution in [-0.2, 0) is 9.84 Å². The highest BCUT2D eigenvalue weighted by Crippen LogP contribution is 2.30. The van der Waals surface area contributed by atoms with Gasteiger partial charge in [-0.1, -0.05) is 6.92 Å². The van der Waals surface area contributed by atoms with Crippen LogP contribution in [0.2, 0.25) is 0 Å². The first-order chi connectivity index (χ1) is 8.76. The lowest BCUT2D eigenvalue weighted by Crippen LogP contribution is -2.17. The summed E-state index contributed by atoms with van der Waals surface area (Å²) in [7, 11) is -3.16. The molecule has 0 aromatic heterocycles. The van der Waals surface area contributed by atoms with E-state index in [9.17, 15) is 22.9 Å². The van der Waals surface area contributed by atoms with Crippen LogP contribution in [0.1, 0.15) is 6.92 Å². The molecule has 0 aliphatic rings. The summed E-state index contributed by atoms with van der Waals surface area (Å²) in [5, 5.41) is 13.4. The summed E-state index contributed by atoms with van der Waals surface area (Å²) in [6.45, 7) is 1.54. The van der Waals surface area contributed by atoms with E-state index in [4.69, 9.17) is 0 Å². The molecule has 0 aliphatic heterocycles. The molecule has 0 radical (unpaired) electrons. The summed E-state index contributed by atoms with van der Waals surface area (Å²) < 4.78 is 35.9. The zero-order valence-corrected chi connectivity index (χ0v) is 12.4. The van der Waals surface area contributed by atoms with Gasteiger partial charge in [0.25, 0.3) is 5.69 Å². The van der Waals surface area contributed by atoms with E-state index in [1.165, 1.54) is 13.0 Å². The first-order valence-corrected chi connectivity index (χ1v) is 7.96. The Balaban J connectivity index is 2.89. The molecule has 0 spiro atoms. The molecule has 0 saturated carbocycles. The van der Waals surface area contributed by atoms with Gasteiger partial charge in [-0.2, -0.15) is 0 Å². The number of nitrogens with zero attached hydrogens (tertiary/aromatic N) is 1. The van der Waals surface area contributed by atoms with Crippen LogP contribution in [0.15, 0.2) is 16.6 Å². The summed E-state index contributed by atoms with van der Waals surface area (Å²) in [5.74, 6) is -0.891. The third-order valence-electron chi connectivity index (χ3n) is 2.40. The Kier molecular flexibility index (Phi) is 5.24. The first-order valence-electron chi connectivity index (χ1n) is 5.34. The van der Waals surface area contributed by atoms with Crippen LogP contribution in [-0.4, -0.2) is 31.4 Å². The molecule has 0 amide bonds. The summed E-state index contributed by atoms with van der Waals surface area (Å²) in [4.78, 5) is 10.0. The van der Waals surface area contributed by atoms with Crippen LogP contribution < -0.4 is 5.32 Å². The van der Waals surface area contributed by atoms with E-state index in [0.717, 1.165) is 6.07 Å². The Morgan fingerprint density at radius 3 is 2.63 bits per heavy atom. The molecule has 9 heteroatoms. The summed E-state index contributed by atoms with van der Waals surface area (Å²) >= 11 is 2.92. The summed E-state index contributed by atoms with van der Waals surface area (Å²) in [6, 6.07) is 1.99. The second-order valence-corrected chi connectivity index (χ2v) is 7.03. The van der Waals surface area contributed by atoms with Crippen molar-refractivity contribution in [2.45, 2.75) is 6.92 Å². The molecule has 19 heavy (non-hydrogen) atoms. The van der Waals surface area contributed by atoms with E-state index >= 15 is 0 Å². The molecule has 1 aromatic rings. The smallest absolute Gasteiger partial charge is 0.295 e. The zero-order chi connectivity index (χ0) is 14.6. The van der Waals surface area contributed by atoms with Gasteiger partial charge in [0.1, 0.15) is 11.5 Å². The minimum Gasteiger partial charge on any atom is -0.378 e. The van der Waals surface area contributed by atoms with Gasteiger partial charge in [0.05, 0.1) is 21.2 Å². The van der Waals surface area contributed by atoms with Crippen LogP contribution in [0.25, 0.3) is 0 Å². The van der Waals surface area contributed by atoms with Gasteiger partial charge < -0.3 is 5.32 Å². The average molecular weight is 355 g/mol. The predicted molar refractivity (Wildman–Crippen MR) is 73.6 cm³/mol.